The maximum Gasteiger partial charge on any atom is 0.233 e. The molecule has 146 valence electrons. The number of carbonyl (C=O) groups excluding carboxylic acids is 1. The molecule has 0 aliphatic carbocycles. The predicted octanol–water partition coefficient (Wildman–Crippen LogP) is 0.568. The predicted molar refractivity (Wildman–Crippen MR) is 98.8 cm³/mol. The van der Waals surface area contributed by atoms with Crippen molar-refractivity contribution in [1.29, 1.82) is 0 Å². The SMILES string of the molecule is C[C@H](Sc1nnc(C[C@H]2CCS(=O)(=O)C2)n1C)C(=O)NC[C@@H]1CCCO1. The Kier molecular flexibility index (Phi) is 6.24. The molecule has 26 heavy (non-hydrogen) atoms. The molecular formula is C16H26N4O4S2. The zero-order valence-corrected chi connectivity index (χ0v) is 16.8. The van der Waals surface area contributed by atoms with E-state index < -0.39 is 9.84 Å². The smallest absolute Gasteiger partial charge is 0.233 e. The Balaban J connectivity index is 1.51. The monoisotopic (exact) mass is 402 g/mol. The molecule has 1 amide bonds. The van der Waals surface area contributed by atoms with Gasteiger partial charge in [-0.3, -0.25) is 4.79 Å². The van der Waals surface area contributed by atoms with E-state index in [1.807, 2.05) is 18.5 Å². The second-order valence-electron chi connectivity index (χ2n) is 7.07. The highest BCUT2D eigenvalue weighted by atomic mass is 32.2. The second-order valence-corrected chi connectivity index (χ2v) is 10.6. The van der Waals surface area contributed by atoms with Crippen molar-refractivity contribution in [3.63, 3.8) is 0 Å². The summed E-state index contributed by atoms with van der Waals surface area (Å²) in [7, 11) is -1.03. The molecule has 1 aromatic heterocycles. The van der Waals surface area contributed by atoms with Gasteiger partial charge in [0, 0.05) is 26.6 Å². The van der Waals surface area contributed by atoms with Gasteiger partial charge in [-0.05, 0) is 32.1 Å². The molecule has 0 aromatic carbocycles. The van der Waals surface area contributed by atoms with E-state index in [1.165, 1.54) is 11.8 Å². The second kappa shape index (κ2) is 8.26. The first kappa shape index (κ1) is 19.6. The molecule has 8 nitrogen and oxygen atoms in total. The zero-order valence-electron chi connectivity index (χ0n) is 15.2. The maximum atomic E-state index is 12.3. The van der Waals surface area contributed by atoms with Crippen LogP contribution in [0.2, 0.25) is 0 Å². The molecule has 2 aliphatic heterocycles. The fourth-order valence-electron chi connectivity index (χ4n) is 3.29. The van der Waals surface area contributed by atoms with Crippen LogP contribution in [0.1, 0.15) is 32.0 Å². The number of rotatable bonds is 7. The van der Waals surface area contributed by atoms with Gasteiger partial charge in [0.25, 0.3) is 0 Å². The molecule has 10 heteroatoms. The van der Waals surface area contributed by atoms with Crippen LogP contribution in [0.25, 0.3) is 0 Å². The number of hydrogen-bond acceptors (Lipinski definition) is 7. The summed E-state index contributed by atoms with van der Waals surface area (Å²) in [5, 5.41) is 11.7. The van der Waals surface area contributed by atoms with Gasteiger partial charge >= 0.3 is 0 Å². The fraction of sp³-hybridized carbons (Fsp3) is 0.812. The molecule has 2 aliphatic rings. The molecule has 2 fully saturated rings. The molecule has 0 bridgehead atoms. The average Bonchev–Trinajstić information content (AvgIpc) is 3.30. The summed E-state index contributed by atoms with van der Waals surface area (Å²) >= 11 is 1.36. The van der Waals surface area contributed by atoms with Gasteiger partial charge in [-0.15, -0.1) is 10.2 Å². The van der Waals surface area contributed by atoms with Crippen LogP contribution in [0, 0.1) is 5.92 Å². The Hall–Kier alpha value is -1.13. The first-order valence-electron chi connectivity index (χ1n) is 8.99. The van der Waals surface area contributed by atoms with Crippen molar-refractivity contribution >= 4 is 27.5 Å². The summed E-state index contributed by atoms with van der Waals surface area (Å²) in [5.41, 5.74) is 0. The summed E-state index contributed by atoms with van der Waals surface area (Å²) < 4.78 is 30.6. The van der Waals surface area contributed by atoms with Crippen LogP contribution in [0.3, 0.4) is 0 Å². The lowest BCUT2D eigenvalue weighted by molar-refractivity contribution is -0.120. The van der Waals surface area contributed by atoms with Gasteiger partial charge in [0.1, 0.15) is 5.82 Å². The number of thioether (sulfide) groups is 1. The molecule has 3 rings (SSSR count). The fourth-order valence-corrected chi connectivity index (χ4v) is 6.01. The van der Waals surface area contributed by atoms with E-state index in [4.69, 9.17) is 4.74 Å². The van der Waals surface area contributed by atoms with E-state index in [0.29, 0.717) is 24.5 Å². The largest absolute Gasteiger partial charge is 0.376 e. The number of nitrogens with one attached hydrogen (secondary N) is 1. The lowest BCUT2D eigenvalue weighted by Crippen LogP contribution is -2.36. The van der Waals surface area contributed by atoms with Crippen molar-refractivity contribution in [1.82, 2.24) is 20.1 Å². The third-order valence-corrected chi connectivity index (χ3v) is 7.87. The topological polar surface area (TPSA) is 103 Å². The molecule has 0 unspecified atom stereocenters. The van der Waals surface area contributed by atoms with Crippen molar-refractivity contribution in [2.75, 3.05) is 24.7 Å². The minimum Gasteiger partial charge on any atom is -0.376 e. The zero-order chi connectivity index (χ0) is 18.7. The van der Waals surface area contributed by atoms with Gasteiger partial charge in [-0.25, -0.2) is 8.42 Å². The minimum atomic E-state index is -2.89. The number of sulfone groups is 1. The molecule has 3 heterocycles. The highest BCUT2D eigenvalue weighted by Crippen LogP contribution is 2.25. The lowest BCUT2D eigenvalue weighted by Gasteiger charge is -2.14. The summed E-state index contributed by atoms with van der Waals surface area (Å²) in [6, 6.07) is 0. The molecule has 0 radical (unpaired) electrons. The molecular weight excluding hydrogens is 376 g/mol. The van der Waals surface area contributed by atoms with Crippen LogP contribution < -0.4 is 5.32 Å². The highest BCUT2D eigenvalue weighted by Gasteiger charge is 2.29. The standard InChI is InChI=1S/C16H26N4O4S2/c1-11(15(21)17-9-13-4-3-6-24-13)25-16-19-18-14(20(16)2)8-12-5-7-26(22,23)10-12/h11-13H,3-10H2,1-2H3,(H,17,21)/t11-,12+,13-/m0/s1. The van der Waals surface area contributed by atoms with Crippen LogP contribution in [-0.2, 0) is 32.8 Å². The van der Waals surface area contributed by atoms with Crippen LogP contribution in [0.15, 0.2) is 5.16 Å². The number of hydrogen-bond donors (Lipinski definition) is 1. The Morgan fingerprint density at radius 1 is 1.42 bits per heavy atom. The van der Waals surface area contributed by atoms with E-state index in [9.17, 15) is 13.2 Å². The normalized spacial score (nSPS) is 26.1. The van der Waals surface area contributed by atoms with E-state index in [2.05, 4.69) is 15.5 Å². The van der Waals surface area contributed by atoms with Gasteiger partial charge in [-0.1, -0.05) is 11.8 Å². The van der Waals surface area contributed by atoms with E-state index in [1.54, 1.807) is 0 Å². The highest BCUT2D eigenvalue weighted by molar-refractivity contribution is 8.00. The third-order valence-electron chi connectivity index (χ3n) is 4.90. The van der Waals surface area contributed by atoms with Gasteiger partial charge in [0.05, 0.1) is 22.9 Å². The number of amides is 1. The first-order valence-corrected chi connectivity index (χ1v) is 11.7. The number of ether oxygens (including phenoxy) is 1. The Bertz CT molecular complexity index is 743. The Morgan fingerprint density at radius 2 is 2.23 bits per heavy atom. The van der Waals surface area contributed by atoms with Crippen LogP contribution >= 0.6 is 11.8 Å². The van der Waals surface area contributed by atoms with Crippen molar-refractivity contribution in [3.8, 4) is 0 Å². The summed E-state index contributed by atoms with van der Waals surface area (Å²) in [4.78, 5) is 12.3. The molecule has 0 spiro atoms. The van der Waals surface area contributed by atoms with Crippen LogP contribution in [0.5, 0.6) is 0 Å². The average molecular weight is 403 g/mol. The molecule has 1 aromatic rings. The molecule has 2 saturated heterocycles. The quantitative estimate of drug-likeness (QED) is 0.665. The van der Waals surface area contributed by atoms with Crippen LogP contribution in [-0.4, -0.2) is 65.1 Å². The van der Waals surface area contributed by atoms with Crippen molar-refractivity contribution in [3.05, 3.63) is 5.82 Å². The summed E-state index contributed by atoms with van der Waals surface area (Å²) in [5.74, 6) is 1.31. The number of nitrogens with zero attached hydrogens (tertiary/aromatic N) is 3. The third kappa shape index (κ3) is 4.98. The summed E-state index contributed by atoms with van der Waals surface area (Å²) in [6.45, 7) is 3.16. The maximum absolute atomic E-state index is 12.3. The first-order chi connectivity index (χ1) is 12.3. The molecule has 0 saturated carbocycles. The Labute approximate surface area is 158 Å². The van der Waals surface area contributed by atoms with Gasteiger partial charge in [-0.2, -0.15) is 0 Å². The summed E-state index contributed by atoms with van der Waals surface area (Å²) in [6.07, 6.45) is 3.45. The van der Waals surface area contributed by atoms with Crippen LogP contribution in [0.4, 0.5) is 0 Å². The molecule has 1 N–H and O–H groups in total. The van der Waals surface area contributed by atoms with Crippen molar-refractivity contribution in [2.45, 2.75) is 49.1 Å². The Morgan fingerprint density at radius 3 is 2.88 bits per heavy atom. The lowest BCUT2D eigenvalue weighted by atomic mass is 10.1. The minimum absolute atomic E-state index is 0.0445. The number of carbonyl (C=O) groups is 1. The number of aromatic nitrogens is 3. The van der Waals surface area contributed by atoms with Gasteiger partial charge < -0.3 is 14.6 Å². The van der Waals surface area contributed by atoms with Crippen molar-refractivity contribution in [2.24, 2.45) is 13.0 Å². The van der Waals surface area contributed by atoms with Gasteiger partial charge in [0.2, 0.25) is 5.91 Å². The van der Waals surface area contributed by atoms with Crippen molar-refractivity contribution < 1.29 is 17.9 Å². The van der Waals surface area contributed by atoms with E-state index >= 15 is 0 Å². The molecule has 3 atom stereocenters. The van der Waals surface area contributed by atoms with Gasteiger partial charge in [0.15, 0.2) is 15.0 Å². The van der Waals surface area contributed by atoms with E-state index in [-0.39, 0.29) is 34.7 Å². The van der Waals surface area contributed by atoms with E-state index in [0.717, 1.165) is 25.3 Å².